The second-order valence-electron chi connectivity index (χ2n) is 4.51. The SMILES string of the molecule is Fc1ccc(NCc2ccc3ncccc3c2)cc1Cl. The third-order valence-corrected chi connectivity index (χ3v) is 3.37. The number of nitrogens with one attached hydrogen (secondary N) is 1. The summed E-state index contributed by atoms with van der Waals surface area (Å²) in [6, 6.07) is 14.6. The van der Waals surface area contributed by atoms with E-state index in [0.29, 0.717) is 6.54 Å². The zero-order chi connectivity index (χ0) is 13.9. The molecule has 0 amide bonds. The Morgan fingerprint density at radius 2 is 2.00 bits per heavy atom. The van der Waals surface area contributed by atoms with Gasteiger partial charge in [0.05, 0.1) is 10.5 Å². The van der Waals surface area contributed by atoms with Crippen molar-refractivity contribution >= 4 is 28.2 Å². The first kappa shape index (κ1) is 12.9. The lowest BCUT2D eigenvalue weighted by atomic mass is 10.1. The minimum Gasteiger partial charge on any atom is -0.381 e. The molecule has 0 atom stereocenters. The van der Waals surface area contributed by atoms with Gasteiger partial charge < -0.3 is 5.32 Å². The second-order valence-corrected chi connectivity index (χ2v) is 4.92. The van der Waals surface area contributed by atoms with E-state index in [1.54, 1.807) is 18.3 Å². The second kappa shape index (κ2) is 5.47. The highest BCUT2D eigenvalue weighted by Crippen LogP contribution is 2.20. The van der Waals surface area contributed by atoms with Crippen molar-refractivity contribution in [2.45, 2.75) is 6.54 Å². The van der Waals surface area contributed by atoms with Crippen molar-refractivity contribution in [1.82, 2.24) is 4.98 Å². The summed E-state index contributed by atoms with van der Waals surface area (Å²) >= 11 is 5.75. The summed E-state index contributed by atoms with van der Waals surface area (Å²) in [6.07, 6.45) is 1.78. The maximum absolute atomic E-state index is 13.1. The fourth-order valence-electron chi connectivity index (χ4n) is 2.05. The Morgan fingerprint density at radius 1 is 1.10 bits per heavy atom. The molecule has 0 unspecified atom stereocenters. The van der Waals surface area contributed by atoms with Gasteiger partial charge >= 0.3 is 0 Å². The van der Waals surface area contributed by atoms with Crippen molar-refractivity contribution in [2.75, 3.05) is 5.32 Å². The third kappa shape index (κ3) is 2.73. The van der Waals surface area contributed by atoms with Crippen LogP contribution in [0, 0.1) is 5.82 Å². The number of nitrogens with zero attached hydrogens (tertiary/aromatic N) is 1. The monoisotopic (exact) mass is 286 g/mol. The van der Waals surface area contributed by atoms with Crippen molar-refractivity contribution in [1.29, 1.82) is 0 Å². The molecule has 0 saturated heterocycles. The first-order valence-corrected chi connectivity index (χ1v) is 6.63. The average molecular weight is 287 g/mol. The highest BCUT2D eigenvalue weighted by molar-refractivity contribution is 6.31. The van der Waals surface area contributed by atoms with Crippen LogP contribution in [0.25, 0.3) is 10.9 Å². The summed E-state index contributed by atoms with van der Waals surface area (Å²) in [4.78, 5) is 4.28. The number of aromatic nitrogens is 1. The number of halogens is 2. The molecule has 0 aliphatic heterocycles. The van der Waals surface area contributed by atoms with Crippen LogP contribution in [0.4, 0.5) is 10.1 Å². The summed E-state index contributed by atoms with van der Waals surface area (Å²) < 4.78 is 13.1. The van der Waals surface area contributed by atoms with Crippen LogP contribution in [0.1, 0.15) is 5.56 Å². The third-order valence-electron chi connectivity index (χ3n) is 3.08. The van der Waals surface area contributed by atoms with Gasteiger partial charge in [0.25, 0.3) is 0 Å². The molecule has 0 aliphatic rings. The van der Waals surface area contributed by atoms with Gasteiger partial charge in [0.15, 0.2) is 0 Å². The zero-order valence-corrected chi connectivity index (χ0v) is 11.4. The first-order valence-electron chi connectivity index (χ1n) is 6.25. The maximum atomic E-state index is 13.1. The molecule has 20 heavy (non-hydrogen) atoms. The van der Waals surface area contributed by atoms with Crippen LogP contribution in [0.5, 0.6) is 0 Å². The molecule has 2 aromatic carbocycles. The normalized spacial score (nSPS) is 10.7. The number of benzene rings is 2. The largest absolute Gasteiger partial charge is 0.381 e. The molecule has 4 heteroatoms. The molecule has 100 valence electrons. The van der Waals surface area contributed by atoms with Crippen molar-refractivity contribution < 1.29 is 4.39 Å². The van der Waals surface area contributed by atoms with E-state index < -0.39 is 5.82 Å². The minimum atomic E-state index is -0.408. The first-order chi connectivity index (χ1) is 9.72. The van der Waals surface area contributed by atoms with Crippen LogP contribution in [-0.4, -0.2) is 4.98 Å². The van der Waals surface area contributed by atoms with Gasteiger partial charge in [-0.2, -0.15) is 0 Å². The van der Waals surface area contributed by atoms with E-state index in [1.807, 2.05) is 24.3 Å². The van der Waals surface area contributed by atoms with Gasteiger partial charge in [0, 0.05) is 23.8 Å². The van der Waals surface area contributed by atoms with Gasteiger partial charge in [0.2, 0.25) is 0 Å². The molecule has 3 aromatic rings. The quantitative estimate of drug-likeness (QED) is 0.759. The summed E-state index contributed by atoms with van der Waals surface area (Å²) in [5.74, 6) is -0.408. The van der Waals surface area contributed by atoms with Crippen molar-refractivity contribution in [3.05, 3.63) is 71.1 Å². The Kier molecular flexibility index (Phi) is 3.52. The lowest BCUT2D eigenvalue weighted by Crippen LogP contribution is -1.99. The van der Waals surface area contributed by atoms with Gasteiger partial charge in [-0.05, 0) is 42.0 Å². The highest BCUT2D eigenvalue weighted by Gasteiger charge is 2.01. The molecule has 1 heterocycles. The van der Waals surface area contributed by atoms with Gasteiger partial charge in [-0.3, -0.25) is 4.98 Å². The van der Waals surface area contributed by atoms with E-state index in [4.69, 9.17) is 11.6 Å². The number of anilines is 1. The van der Waals surface area contributed by atoms with Crippen LogP contribution in [0.3, 0.4) is 0 Å². The van der Waals surface area contributed by atoms with Crippen LogP contribution in [0.2, 0.25) is 5.02 Å². The summed E-state index contributed by atoms with van der Waals surface area (Å²) in [6.45, 7) is 0.646. The van der Waals surface area contributed by atoms with Crippen LogP contribution in [-0.2, 0) is 6.54 Å². The standard InChI is InChI=1S/C16H12ClFN2/c17-14-9-13(4-5-15(14)18)20-10-11-3-6-16-12(8-11)2-1-7-19-16/h1-9,20H,10H2. The number of pyridine rings is 1. The molecule has 0 saturated carbocycles. The molecule has 2 nitrogen and oxygen atoms in total. The average Bonchev–Trinajstić information content (AvgIpc) is 2.48. The van der Waals surface area contributed by atoms with Crippen LogP contribution in [0.15, 0.2) is 54.7 Å². The Morgan fingerprint density at radius 3 is 2.85 bits per heavy atom. The molecule has 0 bridgehead atoms. The van der Waals surface area contributed by atoms with E-state index in [0.717, 1.165) is 22.2 Å². The Balaban J connectivity index is 1.77. The van der Waals surface area contributed by atoms with Crippen LogP contribution >= 0.6 is 11.6 Å². The molecule has 1 N–H and O–H groups in total. The van der Waals surface area contributed by atoms with E-state index in [-0.39, 0.29) is 5.02 Å². The minimum absolute atomic E-state index is 0.123. The van der Waals surface area contributed by atoms with Gasteiger partial charge in [-0.25, -0.2) is 4.39 Å². The number of fused-ring (bicyclic) bond motifs is 1. The smallest absolute Gasteiger partial charge is 0.141 e. The van der Waals surface area contributed by atoms with Crippen molar-refractivity contribution in [2.24, 2.45) is 0 Å². The fraction of sp³-hybridized carbons (Fsp3) is 0.0625. The summed E-state index contributed by atoms with van der Waals surface area (Å²) in [5, 5.41) is 4.45. The maximum Gasteiger partial charge on any atom is 0.141 e. The number of hydrogen-bond acceptors (Lipinski definition) is 2. The van der Waals surface area contributed by atoms with E-state index in [9.17, 15) is 4.39 Å². The number of hydrogen-bond donors (Lipinski definition) is 1. The lowest BCUT2D eigenvalue weighted by molar-refractivity contribution is 0.628. The van der Waals surface area contributed by atoms with Gasteiger partial charge in [-0.15, -0.1) is 0 Å². The van der Waals surface area contributed by atoms with Gasteiger partial charge in [-0.1, -0.05) is 23.7 Å². The van der Waals surface area contributed by atoms with Crippen molar-refractivity contribution in [3.63, 3.8) is 0 Å². The van der Waals surface area contributed by atoms with Crippen LogP contribution < -0.4 is 5.32 Å². The topological polar surface area (TPSA) is 24.9 Å². The van der Waals surface area contributed by atoms with E-state index >= 15 is 0 Å². The molecule has 0 spiro atoms. The predicted molar refractivity (Wildman–Crippen MR) is 80.5 cm³/mol. The molecule has 0 radical (unpaired) electrons. The molecular formula is C16H12ClFN2. The highest BCUT2D eigenvalue weighted by atomic mass is 35.5. The number of rotatable bonds is 3. The molecule has 1 aromatic heterocycles. The molecule has 0 aliphatic carbocycles. The molecular weight excluding hydrogens is 275 g/mol. The van der Waals surface area contributed by atoms with Gasteiger partial charge in [0.1, 0.15) is 5.82 Å². The summed E-state index contributed by atoms with van der Waals surface area (Å²) in [7, 11) is 0. The van der Waals surface area contributed by atoms with E-state index in [1.165, 1.54) is 6.07 Å². The molecule has 0 fully saturated rings. The van der Waals surface area contributed by atoms with E-state index in [2.05, 4.69) is 16.4 Å². The zero-order valence-electron chi connectivity index (χ0n) is 10.6. The van der Waals surface area contributed by atoms with Crippen molar-refractivity contribution in [3.8, 4) is 0 Å². The Bertz CT molecular complexity index is 758. The Hall–Kier alpha value is -2.13. The lowest BCUT2D eigenvalue weighted by Gasteiger charge is -2.08. The molecule has 3 rings (SSSR count). The summed E-state index contributed by atoms with van der Waals surface area (Å²) in [5.41, 5.74) is 2.90. The predicted octanol–water partition coefficient (Wildman–Crippen LogP) is 4.64. The Labute approximate surface area is 121 Å². The fourth-order valence-corrected chi connectivity index (χ4v) is 2.23.